The Bertz CT molecular complexity index is 998. The molecule has 1 aliphatic heterocycles. The summed E-state index contributed by atoms with van der Waals surface area (Å²) in [5.41, 5.74) is 2.77. The molecule has 0 saturated carbocycles. The fraction of sp³-hybridized carbons (Fsp3) is 0.346. The number of likely N-dealkylation sites (tertiary alicyclic amines) is 1. The summed E-state index contributed by atoms with van der Waals surface area (Å²) in [5.74, 6) is -0.00590. The van der Waals surface area contributed by atoms with Crippen LogP contribution in [0, 0.1) is 0 Å². The molecule has 0 radical (unpaired) electrons. The second-order valence-corrected chi connectivity index (χ2v) is 8.19. The first-order chi connectivity index (χ1) is 14.7. The standard InChI is InChI=1S/C26H30N2O2/c29-23(19-27-16-8-1-2-9-17-27)20-28-18-22(24-12-6-7-13-25(24)28)14-15-26(30)21-10-4-3-5-11-21/h3-7,10-15,18,23,29H,1-2,8-9,16-17,19-20H2/b15-14+. The van der Waals surface area contributed by atoms with Gasteiger partial charge in [-0.25, -0.2) is 0 Å². The summed E-state index contributed by atoms with van der Waals surface area (Å²) >= 11 is 0. The van der Waals surface area contributed by atoms with Gasteiger partial charge < -0.3 is 14.6 Å². The van der Waals surface area contributed by atoms with E-state index in [9.17, 15) is 9.90 Å². The summed E-state index contributed by atoms with van der Waals surface area (Å²) in [5, 5.41) is 11.8. The zero-order valence-corrected chi connectivity index (χ0v) is 17.4. The number of carbonyl (C=O) groups is 1. The van der Waals surface area contributed by atoms with Crippen molar-refractivity contribution >= 4 is 22.8 Å². The molecule has 3 aromatic rings. The fourth-order valence-corrected chi connectivity index (χ4v) is 4.32. The zero-order valence-electron chi connectivity index (χ0n) is 17.4. The zero-order chi connectivity index (χ0) is 20.8. The Kier molecular flexibility index (Phi) is 6.77. The summed E-state index contributed by atoms with van der Waals surface area (Å²) in [6, 6.07) is 17.5. The third-order valence-corrected chi connectivity index (χ3v) is 5.87. The number of benzene rings is 2. The third kappa shape index (κ3) is 5.07. The minimum absolute atomic E-state index is 0.00590. The van der Waals surface area contributed by atoms with Gasteiger partial charge in [-0.3, -0.25) is 4.79 Å². The quantitative estimate of drug-likeness (QED) is 0.457. The second-order valence-electron chi connectivity index (χ2n) is 8.19. The van der Waals surface area contributed by atoms with E-state index in [1.165, 1.54) is 25.7 Å². The summed E-state index contributed by atoms with van der Waals surface area (Å²) in [6.45, 7) is 3.43. The van der Waals surface area contributed by atoms with Crippen LogP contribution in [0.4, 0.5) is 0 Å². The van der Waals surface area contributed by atoms with E-state index >= 15 is 0 Å². The van der Waals surface area contributed by atoms with Gasteiger partial charge in [0, 0.05) is 41.3 Å². The Morgan fingerprint density at radius 3 is 2.40 bits per heavy atom. The molecule has 0 spiro atoms. The van der Waals surface area contributed by atoms with Crippen molar-refractivity contribution in [1.29, 1.82) is 0 Å². The van der Waals surface area contributed by atoms with Gasteiger partial charge >= 0.3 is 0 Å². The Morgan fingerprint density at radius 1 is 0.933 bits per heavy atom. The number of aliphatic hydroxyl groups is 1. The summed E-state index contributed by atoms with van der Waals surface area (Å²) in [6.07, 6.45) is 10.2. The molecule has 1 saturated heterocycles. The second kappa shape index (κ2) is 9.88. The SMILES string of the molecule is O=C(/C=C/c1cn(CC(O)CN2CCCCCC2)c2ccccc12)c1ccccc1. The number of aromatic nitrogens is 1. The van der Waals surface area contributed by atoms with Gasteiger partial charge in [0.2, 0.25) is 0 Å². The van der Waals surface area contributed by atoms with Crippen LogP contribution in [-0.4, -0.2) is 46.1 Å². The Morgan fingerprint density at radius 2 is 1.63 bits per heavy atom. The van der Waals surface area contributed by atoms with Crippen LogP contribution in [0.3, 0.4) is 0 Å². The molecule has 4 heteroatoms. The Balaban J connectivity index is 1.50. The highest BCUT2D eigenvalue weighted by molar-refractivity contribution is 6.07. The Labute approximate surface area is 178 Å². The third-order valence-electron chi connectivity index (χ3n) is 5.87. The molecule has 1 unspecified atom stereocenters. The van der Waals surface area contributed by atoms with Gasteiger partial charge in [-0.05, 0) is 44.1 Å². The maximum atomic E-state index is 12.4. The lowest BCUT2D eigenvalue weighted by Crippen LogP contribution is -2.35. The molecule has 4 nitrogen and oxygen atoms in total. The molecular weight excluding hydrogens is 372 g/mol. The van der Waals surface area contributed by atoms with E-state index in [4.69, 9.17) is 0 Å². The molecule has 2 aromatic carbocycles. The van der Waals surface area contributed by atoms with Gasteiger partial charge in [-0.1, -0.05) is 61.4 Å². The number of allylic oxidation sites excluding steroid dienone is 1. The predicted molar refractivity (Wildman–Crippen MR) is 123 cm³/mol. The number of carbonyl (C=O) groups excluding carboxylic acids is 1. The molecule has 0 amide bonds. The smallest absolute Gasteiger partial charge is 0.185 e. The van der Waals surface area contributed by atoms with Crippen LogP contribution in [-0.2, 0) is 6.54 Å². The highest BCUT2D eigenvalue weighted by atomic mass is 16.3. The van der Waals surface area contributed by atoms with Gasteiger partial charge in [-0.2, -0.15) is 0 Å². The summed E-state index contributed by atoms with van der Waals surface area (Å²) < 4.78 is 2.12. The minimum atomic E-state index is -0.415. The topological polar surface area (TPSA) is 45.5 Å². The fourth-order valence-electron chi connectivity index (χ4n) is 4.32. The van der Waals surface area contributed by atoms with E-state index in [2.05, 4.69) is 21.6 Å². The number of β-amino-alcohol motifs (C(OH)–C–C–N with tert-alkyl or cyclic N) is 1. The number of hydrogen-bond donors (Lipinski definition) is 1. The van der Waals surface area contributed by atoms with Crippen molar-refractivity contribution in [3.05, 3.63) is 78.0 Å². The lowest BCUT2D eigenvalue weighted by molar-refractivity contribution is 0.101. The molecule has 30 heavy (non-hydrogen) atoms. The lowest BCUT2D eigenvalue weighted by atomic mass is 10.1. The molecule has 0 aliphatic carbocycles. The van der Waals surface area contributed by atoms with Crippen molar-refractivity contribution in [3.63, 3.8) is 0 Å². The van der Waals surface area contributed by atoms with Gasteiger partial charge in [0.1, 0.15) is 0 Å². The largest absolute Gasteiger partial charge is 0.390 e. The van der Waals surface area contributed by atoms with E-state index < -0.39 is 6.10 Å². The monoisotopic (exact) mass is 402 g/mol. The molecule has 1 N–H and O–H groups in total. The van der Waals surface area contributed by atoms with Crippen molar-refractivity contribution in [1.82, 2.24) is 9.47 Å². The highest BCUT2D eigenvalue weighted by Gasteiger charge is 2.16. The van der Waals surface area contributed by atoms with E-state index in [1.54, 1.807) is 6.08 Å². The number of rotatable bonds is 7. The van der Waals surface area contributed by atoms with Gasteiger partial charge in [0.15, 0.2) is 5.78 Å². The van der Waals surface area contributed by atoms with Crippen molar-refractivity contribution in [3.8, 4) is 0 Å². The van der Waals surface area contributed by atoms with Crippen LogP contribution in [0.15, 0.2) is 66.9 Å². The molecule has 4 rings (SSSR count). The number of hydrogen-bond acceptors (Lipinski definition) is 3. The summed E-state index contributed by atoms with van der Waals surface area (Å²) in [7, 11) is 0. The van der Waals surface area contributed by atoms with Crippen molar-refractivity contribution < 1.29 is 9.90 Å². The van der Waals surface area contributed by atoms with E-state index in [1.807, 2.05) is 54.7 Å². The first kappa shape index (κ1) is 20.6. The van der Waals surface area contributed by atoms with Gasteiger partial charge in [0.25, 0.3) is 0 Å². The molecule has 1 aromatic heterocycles. The maximum absolute atomic E-state index is 12.4. The number of aliphatic hydroxyl groups excluding tert-OH is 1. The molecule has 0 bridgehead atoms. The van der Waals surface area contributed by atoms with Crippen LogP contribution >= 0.6 is 0 Å². The average Bonchev–Trinajstić information content (AvgIpc) is 2.92. The Hall–Kier alpha value is -2.69. The summed E-state index contributed by atoms with van der Waals surface area (Å²) in [4.78, 5) is 14.8. The first-order valence-electron chi connectivity index (χ1n) is 11.0. The minimum Gasteiger partial charge on any atom is -0.390 e. The highest BCUT2D eigenvalue weighted by Crippen LogP contribution is 2.23. The van der Waals surface area contributed by atoms with Crippen LogP contribution in [0.1, 0.15) is 41.6 Å². The van der Waals surface area contributed by atoms with Crippen molar-refractivity contribution in [2.45, 2.75) is 38.3 Å². The number of ketones is 1. The molecule has 2 heterocycles. The van der Waals surface area contributed by atoms with E-state index in [-0.39, 0.29) is 5.78 Å². The molecule has 1 atom stereocenters. The predicted octanol–water partition coefficient (Wildman–Crippen LogP) is 4.77. The molecule has 1 fully saturated rings. The van der Waals surface area contributed by atoms with Crippen LogP contribution in [0.5, 0.6) is 0 Å². The van der Waals surface area contributed by atoms with Crippen molar-refractivity contribution in [2.75, 3.05) is 19.6 Å². The number of fused-ring (bicyclic) bond motifs is 1. The lowest BCUT2D eigenvalue weighted by Gasteiger charge is -2.23. The first-order valence-corrected chi connectivity index (χ1v) is 11.0. The number of para-hydroxylation sites is 1. The molecular formula is C26H30N2O2. The van der Waals surface area contributed by atoms with E-state index in [0.717, 1.165) is 29.6 Å². The average molecular weight is 403 g/mol. The normalized spacial score (nSPS) is 16.7. The molecule has 1 aliphatic rings. The van der Waals surface area contributed by atoms with E-state index in [0.29, 0.717) is 18.7 Å². The van der Waals surface area contributed by atoms with Crippen LogP contribution in [0.2, 0.25) is 0 Å². The van der Waals surface area contributed by atoms with Crippen LogP contribution in [0.25, 0.3) is 17.0 Å². The van der Waals surface area contributed by atoms with Gasteiger partial charge in [-0.15, -0.1) is 0 Å². The number of nitrogens with zero attached hydrogens (tertiary/aromatic N) is 2. The molecule has 156 valence electrons. The maximum Gasteiger partial charge on any atom is 0.185 e. The van der Waals surface area contributed by atoms with Gasteiger partial charge in [0.05, 0.1) is 6.10 Å². The van der Waals surface area contributed by atoms with Crippen LogP contribution < -0.4 is 0 Å². The van der Waals surface area contributed by atoms with Crippen molar-refractivity contribution in [2.24, 2.45) is 0 Å².